The number of hydrogen-bond donors (Lipinski definition) is 2. The molecular weight excluding hydrogens is 180 g/mol. The van der Waals surface area contributed by atoms with E-state index in [4.69, 9.17) is 10.5 Å². The zero-order valence-corrected chi connectivity index (χ0v) is 8.95. The molecule has 4 heteroatoms. The van der Waals surface area contributed by atoms with E-state index < -0.39 is 6.04 Å². The van der Waals surface area contributed by atoms with Crippen LogP contribution in [0.1, 0.15) is 26.7 Å². The number of nitrogens with two attached hydrogens (primary N) is 1. The van der Waals surface area contributed by atoms with Crippen molar-refractivity contribution in [2.24, 2.45) is 11.7 Å². The second-order valence-electron chi connectivity index (χ2n) is 4.16. The van der Waals surface area contributed by atoms with Crippen molar-refractivity contribution in [3.8, 4) is 0 Å². The number of hydrogen-bond acceptors (Lipinski definition) is 4. The van der Waals surface area contributed by atoms with Crippen molar-refractivity contribution in [2.45, 2.75) is 38.8 Å². The molecule has 0 unspecified atom stereocenters. The predicted molar refractivity (Wildman–Crippen MR) is 54.8 cm³/mol. The molecule has 0 aromatic heterocycles. The van der Waals surface area contributed by atoms with Crippen LogP contribution in [0.15, 0.2) is 0 Å². The minimum atomic E-state index is -0.482. The number of nitrogens with one attached hydrogen (secondary N) is 1. The fourth-order valence-corrected chi connectivity index (χ4v) is 1.43. The van der Waals surface area contributed by atoms with Crippen LogP contribution in [-0.4, -0.2) is 31.2 Å². The van der Waals surface area contributed by atoms with Crippen LogP contribution in [0, 0.1) is 5.92 Å². The van der Waals surface area contributed by atoms with Gasteiger partial charge in [-0.2, -0.15) is 0 Å². The third kappa shape index (κ3) is 3.27. The number of carbonyl (C=O) groups is 1. The molecular formula is C10H20N2O2. The van der Waals surface area contributed by atoms with Crippen LogP contribution < -0.4 is 11.1 Å². The Balaban J connectivity index is 2.31. The molecule has 4 nitrogen and oxygen atoms in total. The maximum atomic E-state index is 11.5. The van der Waals surface area contributed by atoms with Gasteiger partial charge < -0.3 is 15.8 Å². The normalized spacial score (nSPS) is 20.9. The number of rotatable bonds is 3. The van der Waals surface area contributed by atoms with E-state index in [2.05, 4.69) is 5.32 Å². The summed E-state index contributed by atoms with van der Waals surface area (Å²) >= 11 is 0. The molecule has 0 radical (unpaired) electrons. The first kappa shape index (κ1) is 11.5. The van der Waals surface area contributed by atoms with Gasteiger partial charge in [0.2, 0.25) is 0 Å². The summed E-state index contributed by atoms with van der Waals surface area (Å²) in [4.78, 5) is 11.5. The van der Waals surface area contributed by atoms with Crippen LogP contribution in [0.2, 0.25) is 0 Å². The SMILES string of the molecule is CC(C)[C@@H](N)C(=O)OC1CCNCC1. The minimum Gasteiger partial charge on any atom is -0.461 e. The molecule has 3 N–H and O–H groups in total. The molecule has 1 rings (SSSR count). The zero-order chi connectivity index (χ0) is 10.6. The molecule has 1 heterocycles. The van der Waals surface area contributed by atoms with Crippen LogP contribution in [0.4, 0.5) is 0 Å². The lowest BCUT2D eigenvalue weighted by Gasteiger charge is -2.25. The fourth-order valence-electron chi connectivity index (χ4n) is 1.43. The summed E-state index contributed by atoms with van der Waals surface area (Å²) in [5, 5.41) is 3.22. The molecule has 1 atom stereocenters. The lowest BCUT2D eigenvalue weighted by atomic mass is 10.1. The molecule has 1 saturated heterocycles. The van der Waals surface area contributed by atoms with Gasteiger partial charge in [0, 0.05) is 0 Å². The Bertz CT molecular complexity index is 189. The van der Waals surface area contributed by atoms with Crippen molar-refractivity contribution in [2.75, 3.05) is 13.1 Å². The zero-order valence-electron chi connectivity index (χ0n) is 8.95. The van der Waals surface area contributed by atoms with Crippen LogP contribution in [0.25, 0.3) is 0 Å². The molecule has 0 aromatic carbocycles. The van der Waals surface area contributed by atoms with E-state index in [0.717, 1.165) is 25.9 Å². The van der Waals surface area contributed by atoms with Gasteiger partial charge in [-0.3, -0.25) is 4.79 Å². The standard InChI is InChI=1S/C10H20N2O2/c1-7(2)9(11)10(13)14-8-3-5-12-6-4-8/h7-9,12H,3-6,11H2,1-2H3/t9-/m1/s1. The highest BCUT2D eigenvalue weighted by atomic mass is 16.5. The maximum Gasteiger partial charge on any atom is 0.323 e. The highest BCUT2D eigenvalue weighted by Gasteiger charge is 2.23. The molecule has 1 fully saturated rings. The van der Waals surface area contributed by atoms with Gasteiger partial charge in [0.05, 0.1) is 0 Å². The third-order valence-electron chi connectivity index (χ3n) is 2.56. The molecule has 0 aliphatic carbocycles. The molecule has 1 aliphatic heterocycles. The molecule has 14 heavy (non-hydrogen) atoms. The summed E-state index contributed by atoms with van der Waals surface area (Å²) in [5.41, 5.74) is 5.69. The Morgan fingerprint density at radius 2 is 2.00 bits per heavy atom. The molecule has 82 valence electrons. The smallest absolute Gasteiger partial charge is 0.323 e. The van der Waals surface area contributed by atoms with E-state index in [1.165, 1.54) is 0 Å². The van der Waals surface area contributed by atoms with E-state index in [0.29, 0.717) is 0 Å². The number of piperidine rings is 1. The van der Waals surface area contributed by atoms with E-state index in [9.17, 15) is 4.79 Å². The van der Waals surface area contributed by atoms with Crippen LogP contribution >= 0.6 is 0 Å². The van der Waals surface area contributed by atoms with Gasteiger partial charge in [0.15, 0.2) is 0 Å². The van der Waals surface area contributed by atoms with Crippen molar-refractivity contribution in [1.82, 2.24) is 5.32 Å². The van der Waals surface area contributed by atoms with E-state index in [1.807, 2.05) is 13.8 Å². The summed E-state index contributed by atoms with van der Waals surface area (Å²) in [6.45, 7) is 5.70. The topological polar surface area (TPSA) is 64.4 Å². The predicted octanol–water partition coefficient (Wildman–Crippen LogP) is 0.265. The molecule has 0 amide bonds. The monoisotopic (exact) mass is 200 g/mol. The fraction of sp³-hybridized carbons (Fsp3) is 0.900. The quantitative estimate of drug-likeness (QED) is 0.642. The first-order valence-electron chi connectivity index (χ1n) is 5.28. The summed E-state index contributed by atoms with van der Waals surface area (Å²) in [6, 6.07) is -0.482. The first-order valence-corrected chi connectivity index (χ1v) is 5.28. The molecule has 1 aliphatic rings. The van der Waals surface area contributed by atoms with Crippen molar-refractivity contribution < 1.29 is 9.53 Å². The van der Waals surface area contributed by atoms with Crippen LogP contribution in [-0.2, 0) is 9.53 Å². The average molecular weight is 200 g/mol. The van der Waals surface area contributed by atoms with Gasteiger partial charge in [-0.1, -0.05) is 13.8 Å². The lowest BCUT2D eigenvalue weighted by Crippen LogP contribution is -2.41. The van der Waals surface area contributed by atoms with Crippen molar-refractivity contribution >= 4 is 5.97 Å². The van der Waals surface area contributed by atoms with Gasteiger partial charge >= 0.3 is 5.97 Å². The van der Waals surface area contributed by atoms with Crippen molar-refractivity contribution in [3.63, 3.8) is 0 Å². The Labute approximate surface area is 85.2 Å². The van der Waals surface area contributed by atoms with Gasteiger partial charge in [-0.05, 0) is 31.8 Å². The molecule has 0 bridgehead atoms. The Hall–Kier alpha value is -0.610. The van der Waals surface area contributed by atoms with Gasteiger partial charge in [-0.25, -0.2) is 0 Å². The summed E-state index contributed by atoms with van der Waals surface area (Å²) in [7, 11) is 0. The lowest BCUT2D eigenvalue weighted by molar-refractivity contribution is -0.152. The largest absolute Gasteiger partial charge is 0.461 e. The van der Waals surface area contributed by atoms with E-state index in [1.54, 1.807) is 0 Å². The third-order valence-corrected chi connectivity index (χ3v) is 2.56. The Morgan fingerprint density at radius 1 is 1.43 bits per heavy atom. The van der Waals surface area contributed by atoms with E-state index in [-0.39, 0.29) is 18.0 Å². The average Bonchev–Trinajstić information content (AvgIpc) is 2.18. The van der Waals surface area contributed by atoms with Gasteiger partial charge in [0.25, 0.3) is 0 Å². The van der Waals surface area contributed by atoms with Crippen molar-refractivity contribution in [1.29, 1.82) is 0 Å². The minimum absolute atomic E-state index is 0.0635. The number of ether oxygens (including phenoxy) is 1. The molecule has 0 aromatic rings. The molecule has 0 spiro atoms. The highest BCUT2D eigenvalue weighted by molar-refractivity contribution is 5.75. The van der Waals surface area contributed by atoms with E-state index >= 15 is 0 Å². The summed E-state index contributed by atoms with van der Waals surface area (Å²) in [5.74, 6) is -0.115. The van der Waals surface area contributed by atoms with Gasteiger partial charge in [-0.15, -0.1) is 0 Å². The highest BCUT2D eigenvalue weighted by Crippen LogP contribution is 2.10. The molecule has 0 saturated carbocycles. The Morgan fingerprint density at radius 3 is 2.50 bits per heavy atom. The Kier molecular flexibility index (Phi) is 4.35. The van der Waals surface area contributed by atoms with Gasteiger partial charge in [0.1, 0.15) is 12.1 Å². The second kappa shape index (κ2) is 5.32. The number of esters is 1. The summed E-state index contributed by atoms with van der Waals surface area (Å²) in [6.07, 6.45) is 1.86. The first-order chi connectivity index (χ1) is 6.61. The van der Waals surface area contributed by atoms with Crippen LogP contribution in [0.3, 0.4) is 0 Å². The summed E-state index contributed by atoms with van der Waals surface area (Å²) < 4.78 is 5.31. The van der Waals surface area contributed by atoms with Crippen molar-refractivity contribution in [3.05, 3.63) is 0 Å². The second-order valence-corrected chi connectivity index (χ2v) is 4.16. The maximum absolute atomic E-state index is 11.5. The van der Waals surface area contributed by atoms with Crippen LogP contribution in [0.5, 0.6) is 0 Å². The number of carbonyl (C=O) groups excluding carboxylic acids is 1.